The monoisotopic (exact) mass is 590 g/mol. The second-order valence-corrected chi connectivity index (χ2v) is 11.3. The van der Waals surface area contributed by atoms with E-state index in [0.29, 0.717) is 39.7 Å². The summed E-state index contributed by atoms with van der Waals surface area (Å²) >= 11 is 12.6. The number of carbonyl (C=O) groups excluding carboxylic acids is 2. The summed E-state index contributed by atoms with van der Waals surface area (Å²) < 4.78 is 24.6. The van der Waals surface area contributed by atoms with Crippen molar-refractivity contribution >= 4 is 57.9 Å². The van der Waals surface area contributed by atoms with Crippen molar-refractivity contribution in [3.8, 4) is 0 Å². The molecule has 14 heteroatoms. The Hall–Kier alpha value is -3.19. The molecule has 12 nitrogen and oxygen atoms in total. The molecule has 2 aromatic heterocycles. The summed E-state index contributed by atoms with van der Waals surface area (Å²) in [4.78, 5) is 38.4. The van der Waals surface area contributed by atoms with Crippen molar-refractivity contribution in [2.75, 3.05) is 24.4 Å². The summed E-state index contributed by atoms with van der Waals surface area (Å²) in [6, 6.07) is 4.79. The van der Waals surface area contributed by atoms with Gasteiger partial charge in [-0.25, -0.2) is 9.78 Å². The van der Waals surface area contributed by atoms with Gasteiger partial charge in [0, 0.05) is 23.2 Å². The minimum atomic E-state index is -0.858. The number of esters is 1. The number of amides is 1. The molecule has 3 heterocycles. The van der Waals surface area contributed by atoms with Crippen LogP contribution in [0.5, 0.6) is 0 Å². The van der Waals surface area contributed by atoms with Crippen molar-refractivity contribution in [1.82, 2.24) is 19.5 Å². The number of nitrogens with zero attached hydrogens (tertiary/aromatic N) is 4. The molecular weight excluding hydrogens is 563 g/mol. The van der Waals surface area contributed by atoms with Crippen LogP contribution in [0.2, 0.25) is 10.3 Å². The fraction of sp³-hybridized carbons (Fsp3) is 0.500. The third-order valence-electron chi connectivity index (χ3n) is 7.75. The zero-order chi connectivity index (χ0) is 28.4. The molecule has 0 bridgehead atoms. The van der Waals surface area contributed by atoms with Crippen LogP contribution in [0.25, 0.3) is 11.2 Å². The van der Waals surface area contributed by atoms with Gasteiger partial charge in [-0.3, -0.25) is 10.1 Å². The number of methoxy groups -OCH3 is 1. The molecular formula is C26H28Cl2N6O6. The Morgan fingerprint density at radius 2 is 2.02 bits per heavy atom. The molecule has 0 unspecified atom stereocenters. The number of carbonyl (C=O) groups is 2. The average Bonchev–Trinajstić information content (AvgIpc) is 3.23. The lowest BCUT2D eigenvalue weighted by Crippen LogP contribution is -2.36. The molecule has 0 spiro atoms. The molecule has 6 rings (SSSR count). The van der Waals surface area contributed by atoms with Crippen LogP contribution >= 0.6 is 23.2 Å². The van der Waals surface area contributed by atoms with Gasteiger partial charge < -0.3 is 28.8 Å². The number of aromatic nitrogens is 4. The van der Waals surface area contributed by atoms with Gasteiger partial charge in [-0.2, -0.15) is 9.97 Å². The molecule has 2 saturated carbocycles. The Morgan fingerprint density at radius 1 is 1.23 bits per heavy atom. The first-order chi connectivity index (χ1) is 19.1. The number of hydrogen-bond acceptors (Lipinski definition) is 10. The number of imidazole rings is 1. The number of hydrogen-bond donors (Lipinski definition) is 2. The van der Waals surface area contributed by atoms with Crippen molar-refractivity contribution in [2.45, 2.75) is 57.8 Å². The lowest BCUT2D eigenvalue weighted by atomic mass is 9.99. The molecule has 3 aliphatic rings. The van der Waals surface area contributed by atoms with Crippen LogP contribution in [0.3, 0.4) is 0 Å². The Labute approximate surface area is 239 Å². The Balaban J connectivity index is 1.33. The molecule has 3 aromatic rings. The van der Waals surface area contributed by atoms with Crippen molar-refractivity contribution in [1.29, 1.82) is 0 Å². The van der Waals surface area contributed by atoms with Gasteiger partial charge >= 0.3 is 12.1 Å². The highest BCUT2D eigenvalue weighted by atomic mass is 35.5. The van der Waals surface area contributed by atoms with Crippen LogP contribution in [0, 0.1) is 11.3 Å². The number of nitrogens with one attached hydrogen (secondary N) is 2. The summed E-state index contributed by atoms with van der Waals surface area (Å²) in [5.41, 5.74) is 1.41. The second kappa shape index (κ2) is 9.72. The number of anilines is 2. The number of benzene rings is 1. The van der Waals surface area contributed by atoms with E-state index in [1.54, 1.807) is 31.5 Å². The third-order valence-corrected chi connectivity index (χ3v) is 8.16. The average molecular weight is 591 g/mol. The van der Waals surface area contributed by atoms with Gasteiger partial charge in [0.25, 0.3) is 0 Å². The SMILES string of the molecule is CCOC(=O)[C@@]12C[C@@H]1[C@@H](n1cnc3c(NCc4cc(Cl)ccc4NC(=O)OC)nc(Cl)nc31)[C@@H]1OC(C)(C)O[C@@H]12. The summed E-state index contributed by atoms with van der Waals surface area (Å²) in [6.45, 7) is 5.99. The summed E-state index contributed by atoms with van der Waals surface area (Å²) in [5.74, 6) is -0.804. The smallest absolute Gasteiger partial charge is 0.411 e. The summed E-state index contributed by atoms with van der Waals surface area (Å²) in [5, 5.41) is 6.42. The van der Waals surface area contributed by atoms with Gasteiger partial charge in [0.2, 0.25) is 5.28 Å². The molecule has 1 saturated heterocycles. The van der Waals surface area contributed by atoms with Crippen molar-refractivity contribution in [3.63, 3.8) is 0 Å². The molecule has 212 valence electrons. The highest BCUT2D eigenvalue weighted by molar-refractivity contribution is 6.30. The summed E-state index contributed by atoms with van der Waals surface area (Å²) in [7, 11) is 1.29. The number of halogens is 2. The van der Waals surface area contributed by atoms with E-state index in [4.69, 9.17) is 42.1 Å². The van der Waals surface area contributed by atoms with E-state index in [-0.39, 0.29) is 36.4 Å². The van der Waals surface area contributed by atoms with Gasteiger partial charge in [-0.1, -0.05) is 11.6 Å². The van der Waals surface area contributed by atoms with Crippen molar-refractivity contribution < 1.29 is 28.5 Å². The quantitative estimate of drug-likeness (QED) is 0.297. The summed E-state index contributed by atoms with van der Waals surface area (Å²) in [6.07, 6.45) is 0.822. The third kappa shape index (κ3) is 4.33. The highest BCUT2D eigenvalue weighted by Crippen LogP contribution is 2.72. The molecule has 40 heavy (non-hydrogen) atoms. The van der Waals surface area contributed by atoms with E-state index in [0.717, 1.165) is 0 Å². The standard InChI is InChI=1S/C26H28Cl2N6O6/c1-5-38-22(35)26-9-14(26)17(18-19(26)40-25(2,3)39-18)34-11-30-16-20(32-23(28)33-21(16)34)29-10-12-8-13(27)6-7-15(12)31-24(36)37-4/h6-8,11,14,17-19H,5,9-10H2,1-4H3,(H,31,36)(H,29,32,33)/t14-,17-,18+,19+,26+/m1/s1. The molecule has 1 aliphatic heterocycles. The molecule has 2 aliphatic carbocycles. The van der Waals surface area contributed by atoms with Crippen LogP contribution in [0.1, 0.15) is 38.8 Å². The topological polar surface area (TPSA) is 139 Å². The van der Waals surface area contributed by atoms with E-state index >= 15 is 0 Å². The van der Waals surface area contributed by atoms with Crippen LogP contribution in [0.15, 0.2) is 24.5 Å². The fourth-order valence-electron chi connectivity index (χ4n) is 6.09. The lowest BCUT2D eigenvalue weighted by Gasteiger charge is -2.24. The molecule has 5 atom stereocenters. The maximum absolute atomic E-state index is 13.1. The van der Waals surface area contributed by atoms with Crippen LogP contribution in [-0.4, -0.2) is 63.3 Å². The van der Waals surface area contributed by atoms with E-state index in [2.05, 4.69) is 25.6 Å². The highest BCUT2D eigenvalue weighted by Gasteiger charge is 2.80. The second-order valence-electron chi connectivity index (χ2n) is 10.5. The van der Waals surface area contributed by atoms with Crippen molar-refractivity contribution in [3.05, 3.63) is 40.4 Å². The molecule has 0 radical (unpaired) electrons. The number of fused-ring (bicyclic) bond motifs is 4. The lowest BCUT2D eigenvalue weighted by molar-refractivity contribution is -0.172. The zero-order valence-corrected chi connectivity index (χ0v) is 23.7. The first-order valence-electron chi connectivity index (χ1n) is 12.9. The van der Waals surface area contributed by atoms with E-state index < -0.39 is 29.5 Å². The molecule has 2 N–H and O–H groups in total. The normalized spacial score (nSPS) is 27.6. The Kier molecular flexibility index (Phi) is 6.56. The van der Waals surface area contributed by atoms with E-state index in [1.807, 2.05) is 18.4 Å². The van der Waals surface area contributed by atoms with Crippen LogP contribution in [0.4, 0.5) is 16.3 Å². The predicted molar refractivity (Wildman–Crippen MR) is 145 cm³/mol. The van der Waals surface area contributed by atoms with E-state index in [9.17, 15) is 9.59 Å². The molecule has 1 aromatic carbocycles. The number of ether oxygens (including phenoxy) is 4. The maximum atomic E-state index is 13.1. The van der Waals surface area contributed by atoms with Gasteiger partial charge in [0.15, 0.2) is 22.8 Å². The molecule has 1 amide bonds. The van der Waals surface area contributed by atoms with Gasteiger partial charge in [0.1, 0.15) is 17.6 Å². The van der Waals surface area contributed by atoms with Gasteiger partial charge in [-0.05, 0) is 62.6 Å². The van der Waals surface area contributed by atoms with Crippen LogP contribution in [-0.2, 0) is 30.3 Å². The maximum Gasteiger partial charge on any atom is 0.411 e. The Morgan fingerprint density at radius 3 is 2.77 bits per heavy atom. The fourth-order valence-corrected chi connectivity index (χ4v) is 6.45. The van der Waals surface area contributed by atoms with Gasteiger partial charge in [-0.15, -0.1) is 0 Å². The van der Waals surface area contributed by atoms with E-state index in [1.165, 1.54) is 7.11 Å². The first kappa shape index (κ1) is 27.0. The number of rotatable bonds is 7. The van der Waals surface area contributed by atoms with Gasteiger partial charge in [0.05, 0.1) is 26.1 Å². The largest absolute Gasteiger partial charge is 0.465 e. The van der Waals surface area contributed by atoms with Crippen LogP contribution < -0.4 is 10.6 Å². The first-order valence-corrected chi connectivity index (χ1v) is 13.6. The molecule has 3 fully saturated rings. The zero-order valence-electron chi connectivity index (χ0n) is 22.2. The predicted octanol–water partition coefficient (Wildman–Crippen LogP) is 4.57. The Bertz CT molecular complexity index is 1510. The minimum Gasteiger partial charge on any atom is -0.465 e. The van der Waals surface area contributed by atoms with Crippen molar-refractivity contribution in [2.24, 2.45) is 11.3 Å². The minimum absolute atomic E-state index is 0.0154.